The van der Waals surface area contributed by atoms with Crippen molar-refractivity contribution in [2.45, 2.75) is 35.3 Å². The number of primary amides is 1. The number of nitrogens with zero attached hydrogens (tertiary/aromatic N) is 1. The molecule has 1 aliphatic heterocycles. The Labute approximate surface area is 199 Å². The third-order valence-corrected chi connectivity index (χ3v) is 8.75. The van der Waals surface area contributed by atoms with Crippen LogP contribution in [-0.2, 0) is 25.8 Å². The normalized spacial score (nSPS) is 15.5. The molecule has 2 aromatic carbocycles. The number of hydrogen-bond donors (Lipinski definition) is 1. The molecule has 1 aliphatic rings. The summed E-state index contributed by atoms with van der Waals surface area (Å²) in [4.78, 5) is 16.2. The van der Waals surface area contributed by atoms with Crippen LogP contribution in [0.5, 0.6) is 5.75 Å². The molecule has 7 nitrogen and oxygen atoms in total. The Balaban J connectivity index is 1.35. The lowest BCUT2D eigenvalue weighted by Crippen LogP contribution is -2.53. The lowest BCUT2D eigenvalue weighted by Gasteiger charge is -2.33. The van der Waals surface area contributed by atoms with Crippen molar-refractivity contribution < 1.29 is 22.7 Å². The van der Waals surface area contributed by atoms with Gasteiger partial charge >= 0.3 is 0 Å². The van der Waals surface area contributed by atoms with Gasteiger partial charge in [0, 0.05) is 25.6 Å². The van der Waals surface area contributed by atoms with E-state index in [2.05, 4.69) is 23.2 Å². The van der Waals surface area contributed by atoms with E-state index in [1.54, 1.807) is 24.5 Å². The second-order valence-corrected chi connectivity index (χ2v) is 10.6. The zero-order valence-corrected chi connectivity index (χ0v) is 19.7. The summed E-state index contributed by atoms with van der Waals surface area (Å²) in [6.07, 6.45) is 5.35. The molecule has 0 atom stereocenters. The Morgan fingerprint density at radius 1 is 1.00 bits per heavy atom. The Hall–Kier alpha value is -3.23. The number of aryl methyl sites for hydroxylation is 1. The van der Waals surface area contributed by atoms with Crippen LogP contribution in [0.2, 0.25) is 0 Å². The molecule has 34 heavy (non-hydrogen) atoms. The fourth-order valence-electron chi connectivity index (χ4n) is 4.21. The van der Waals surface area contributed by atoms with Gasteiger partial charge in [0.1, 0.15) is 5.75 Å². The highest BCUT2D eigenvalue weighted by Crippen LogP contribution is 2.35. The smallest absolute Gasteiger partial charge is 0.239 e. The summed E-state index contributed by atoms with van der Waals surface area (Å²) >= 11 is 0. The molecule has 0 unspecified atom stereocenters. The van der Waals surface area contributed by atoms with Crippen molar-refractivity contribution in [1.29, 1.82) is 0 Å². The van der Waals surface area contributed by atoms with Crippen LogP contribution >= 0.6 is 0 Å². The topological polar surface area (TPSA) is 109 Å². The van der Waals surface area contributed by atoms with E-state index in [-0.39, 0.29) is 31.0 Å². The average molecular weight is 481 g/mol. The Morgan fingerprint density at radius 2 is 1.71 bits per heavy atom. The summed E-state index contributed by atoms with van der Waals surface area (Å²) in [6, 6.07) is 18.5. The monoisotopic (exact) mass is 480 g/mol. The van der Waals surface area contributed by atoms with Crippen LogP contribution in [0.3, 0.4) is 0 Å². The number of hydrogen-bond acceptors (Lipinski definition) is 6. The number of benzene rings is 2. The SMILES string of the molecule is NC(=O)C1(S(=O)(=O)c2ccc(OCCCc3cccc(-c4ccncc4)c3)cc2)CCOCC1. The zero-order valence-electron chi connectivity index (χ0n) is 18.9. The third-order valence-electron chi connectivity index (χ3n) is 6.22. The lowest BCUT2D eigenvalue weighted by molar-refractivity contribution is -0.122. The van der Waals surface area contributed by atoms with Crippen molar-refractivity contribution >= 4 is 15.7 Å². The van der Waals surface area contributed by atoms with Crippen molar-refractivity contribution in [3.05, 3.63) is 78.6 Å². The number of ether oxygens (including phenoxy) is 2. The van der Waals surface area contributed by atoms with Gasteiger partial charge in [-0.05, 0) is 78.8 Å². The van der Waals surface area contributed by atoms with Gasteiger partial charge in [-0.15, -0.1) is 0 Å². The number of rotatable bonds is 9. The Kier molecular flexibility index (Phi) is 7.29. The number of sulfone groups is 1. The van der Waals surface area contributed by atoms with Crippen molar-refractivity contribution in [2.75, 3.05) is 19.8 Å². The van der Waals surface area contributed by atoms with Crippen molar-refractivity contribution in [3.63, 3.8) is 0 Å². The van der Waals surface area contributed by atoms with Crippen LogP contribution in [0.25, 0.3) is 11.1 Å². The van der Waals surface area contributed by atoms with E-state index in [0.717, 1.165) is 24.0 Å². The van der Waals surface area contributed by atoms with Gasteiger partial charge in [0.15, 0.2) is 14.6 Å². The number of carbonyl (C=O) groups is 1. The minimum absolute atomic E-state index is 0.0608. The average Bonchev–Trinajstić information content (AvgIpc) is 2.88. The van der Waals surface area contributed by atoms with E-state index in [1.807, 2.05) is 18.2 Å². The summed E-state index contributed by atoms with van der Waals surface area (Å²) in [6.45, 7) is 0.873. The highest BCUT2D eigenvalue weighted by molar-refractivity contribution is 7.93. The molecule has 8 heteroatoms. The minimum Gasteiger partial charge on any atom is -0.494 e. The molecular formula is C26H28N2O5S. The second-order valence-electron chi connectivity index (χ2n) is 8.33. The van der Waals surface area contributed by atoms with Crippen molar-refractivity contribution in [1.82, 2.24) is 4.98 Å². The van der Waals surface area contributed by atoms with E-state index < -0.39 is 20.5 Å². The molecule has 1 saturated heterocycles. The van der Waals surface area contributed by atoms with Crippen LogP contribution < -0.4 is 10.5 Å². The molecule has 1 amide bonds. The molecule has 178 valence electrons. The first-order chi connectivity index (χ1) is 16.4. The van der Waals surface area contributed by atoms with Gasteiger partial charge in [0.05, 0.1) is 11.5 Å². The predicted octanol–water partition coefficient (Wildman–Crippen LogP) is 3.57. The third kappa shape index (κ3) is 4.98. The summed E-state index contributed by atoms with van der Waals surface area (Å²) in [5, 5.41) is 0. The number of amides is 1. The largest absolute Gasteiger partial charge is 0.494 e. The summed E-state index contributed by atoms with van der Waals surface area (Å²) in [5.74, 6) is -0.256. The van der Waals surface area contributed by atoms with Crippen LogP contribution in [0, 0.1) is 0 Å². The molecule has 1 fully saturated rings. The van der Waals surface area contributed by atoms with Gasteiger partial charge in [-0.3, -0.25) is 9.78 Å². The molecule has 0 saturated carbocycles. The lowest BCUT2D eigenvalue weighted by atomic mass is 9.98. The zero-order chi connectivity index (χ0) is 24.0. The van der Waals surface area contributed by atoms with E-state index in [9.17, 15) is 13.2 Å². The van der Waals surface area contributed by atoms with Crippen LogP contribution in [-0.4, -0.2) is 43.9 Å². The predicted molar refractivity (Wildman–Crippen MR) is 129 cm³/mol. The minimum atomic E-state index is -3.94. The quantitative estimate of drug-likeness (QED) is 0.469. The first-order valence-electron chi connectivity index (χ1n) is 11.3. The molecule has 0 radical (unpaired) electrons. The fraction of sp³-hybridized carbons (Fsp3) is 0.308. The van der Waals surface area contributed by atoms with E-state index in [0.29, 0.717) is 12.4 Å². The number of carbonyl (C=O) groups excluding carboxylic acids is 1. The van der Waals surface area contributed by atoms with Gasteiger partial charge in [0.2, 0.25) is 5.91 Å². The Bertz CT molecular complexity index is 1220. The van der Waals surface area contributed by atoms with Crippen LogP contribution in [0.1, 0.15) is 24.8 Å². The van der Waals surface area contributed by atoms with Crippen molar-refractivity contribution in [3.8, 4) is 16.9 Å². The first kappa shape index (κ1) is 23.9. The molecule has 3 aromatic rings. The van der Waals surface area contributed by atoms with Gasteiger partial charge in [-0.1, -0.05) is 24.3 Å². The van der Waals surface area contributed by atoms with Gasteiger partial charge in [-0.2, -0.15) is 0 Å². The maximum atomic E-state index is 13.2. The molecule has 2 N–H and O–H groups in total. The van der Waals surface area contributed by atoms with E-state index in [1.165, 1.54) is 17.7 Å². The summed E-state index contributed by atoms with van der Waals surface area (Å²) in [5.41, 5.74) is 9.02. The molecule has 0 spiro atoms. The molecule has 2 heterocycles. The number of aromatic nitrogens is 1. The molecule has 0 aliphatic carbocycles. The highest BCUT2D eigenvalue weighted by atomic mass is 32.2. The molecule has 1 aromatic heterocycles. The Morgan fingerprint density at radius 3 is 2.38 bits per heavy atom. The van der Waals surface area contributed by atoms with E-state index in [4.69, 9.17) is 15.2 Å². The maximum Gasteiger partial charge on any atom is 0.239 e. The fourth-order valence-corrected chi connectivity index (χ4v) is 6.12. The van der Waals surface area contributed by atoms with Crippen molar-refractivity contribution in [2.24, 2.45) is 5.73 Å². The molecule has 4 rings (SSSR count). The summed E-state index contributed by atoms with van der Waals surface area (Å²) < 4.78 is 35.9. The standard InChI is InChI=1S/C26H28N2O5S/c27-25(29)26(12-17-32-18-13-26)34(30,31)24-8-6-23(7-9-24)33-16-2-4-20-3-1-5-22(19-20)21-10-14-28-15-11-21/h1,3,5-11,14-15,19H,2,4,12-13,16-18H2,(H2,27,29). The van der Waals surface area contributed by atoms with Gasteiger partial charge < -0.3 is 15.2 Å². The van der Waals surface area contributed by atoms with Crippen LogP contribution in [0.15, 0.2) is 78.0 Å². The van der Waals surface area contributed by atoms with Gasteiger partial charge in [-0.25, -0.2) is 8.42 Å². The van der Waals surface area contributed by atoms with E-state index >= 15 is 0 Å². The maximum absolute atomic E-state index is 13.2. The van der Waals surface area contributed by atoms with Gasteiger partial charge in [0.25, 0.3) is 0 Å². The number of pyridine rings is 1. The number of nitrogens with two attached hydrogens (primary N) is 1. The highest BCUT2D eigenvalue weighted by Gasteiger charge is 2.51. The first-order valence-corrected chi connectivity index (χ1v) is 12.8. The molecular weight excluding hydrogens is 452 g/mol. The summed E-state index contributed by atoms with van der Waals surface area (Å²) in [7, 11) is -3.94. The second kappa shape index (κ2) is 10.4. The molecule has 0 bridgehead atoms. The van der Waals surface area contributed by atoms with Crippen LogP contribution in [0.4, 0.5) is 0 Å².